The molecule has 0 radical (unpaired) electrons. The molecule has 1 heterocycles. The molecule has 1 fully saturated rings. The van der Waals surface area contributed by atoms with E-state index in [0.717, 1.165) is 49.3 Å². The fourth-order valence-electron chi connectivity index (χ4n) is 2.71. The number of carbonyl (C=O) groups excluding carboxylic acids is 1. The van der Waals surface area contributed by atoms with E-state index in [1.54, 1.807) is 0 Å². The first-order chi connectivity index (χ1) is 9.60. The number of para-hydroxylation sites is 1. The lowest BCUT2D eigenvalue weighted by atomic mass is 10.1. The smallest absolute Gasteiger partial charge is 0.411 e. The number of ether oxygens (including phenoxy) is 1. The van der Waals surface area contributed by atoms with Gasteiger partial charge in [-0.05, 0) is 44.4 Å². The molecule has 1 atom stereocenters. The summed E-state index contributed by atoms with van der Waals surface area (Å²) >= 11 is 0. The number of anilines is 1. The lowest BCUT2D eigenvalue weighted by molar-refractivity contribution is 0.113. The van der Waals surface area contributed by atoms with Crippen molar-refractivity contribution in [2.45, 2.75) is 39.7 Å². The van der Waals surface area contributed by atoms with Gasteiger partial charge in [0.25, 0.3) is 0 Å². The van der Waals surface area contributed by atoms with Gasteiger partial charge in [0, 0.05) is 18.8 Å². The van der Waals surface area contributed by atoms with Crippen molar-refractivity contribution in [2.75, 3.05) is 25.0 Å². The van der Waals surface area contributed by atoms with E-state index in [4.69, 9.17) is 4.74 Å². The molecule has 1 aromatic rings. The minimum absolute atomic E-state index is 0.0193. The van der Waals surface area contributed by atoms with Crippen molar-refractivity contribution in [2.24, 2.45) is 0 Å². The second-order valence-corrected chi connectivity index (χ2v) is 5.51. The summed E-state index contributed by atoms with van der Waals surface area (Å²) in [4.78, 5) is 14.3. The van der Waals surface area contributed by atoms with Crippen LogP contribution in [-0.2, 0) is 4.74 Å². The van der Waals surface area contributed by atoms with Crippen LogP contribution in [0.1, 0.15) is 30.9 Å². The summed E-state index contributed by atoms with van der Waals surface area (Å²) < 4.78 is 5.51. The van der Waals surface area contributed by atoms with Crippen molar-refractivity contribution in [3.8, 4) is 0 Å². The van der Waals surface area contributed by atoms with Crippen LogP contribution < -0.4 is 5.32 Å². The number of nitrogens with one attached hydrogen (secondary N) is 1. The van der Waals surface area contributed by atoms with Gasteiger partial charge in [0.05, 0.1) is 0 Å². The van der Waals surface area contributed by atoms with E-state index in [2.05, 4.69) is 17.1 Å². The number of nitrogens with zero attached hydrogens (tertiary/aromatic N) is 1. The Kier molecular flexibility index (Phi) is 5.01. The Hall–Kier alpha value is -1.55. The fraction of sp³-hybridized carbons (Fsp3) is 0.562. The summed E-state index contributed by atoms with van der Waals surface area (Å²) in [5, 5.41) is 2.87. The lowest BCUT2D eigenvalue weighted by Crippen LogP contribution is -2.27. The Bertz CT molecular complexity index is 453. The highest BCUT2D eigenvalue weighted by Gasteiger charge is 2.25. The lowest BCUT2D eigenvalue weighted by Gasteiger charge is -2.16. The summed E-state index contributed by atoms with van der Waals surface area (Å²) in [6, 6.07) is 5.96. The summed E-state index contributed by atoms with van der Waals surface area (Å²) in [6.07, 6.45) is 1.75. The molecule has 20 heavy (non-hydrogen) atoms. The summed E-state index contributed by atoms with van der Waals surface area (Å²) in [5.41, 5.74) is 2.97. The number of aryl methyl sites for hydroxylation is 2. The molecule has 0 bridgehead atoms. The molecule has 110 valence electrons. The Morgan fingerprint density at radius 1 is 1.40 bits per heavy atom. The third-order valence-electron chi connectivity index (χ3n) is 3.75. The van der Waals surface area contributed by atoms with Crippen LogP contribution in [0.25, 0.3) is 0 Å². The molecule has 1 aromatic carbocycles. The van der Waals surface area contributed by atoms with Crippen LogP contribution in [0.3, 0.4) is 0 Å². The van der Waals surface area contributed by atoms with Crippen LogP contribution >= 0.6 is 0 Å². The van der Waals surface area contributed by atoms with Gasteiger partial charge in [-0.25, -0.2) is 4.79 Å². The Morgan fingerprint density at radius 2 is 2.10 bits per heavy atom. The second kappa shape index (κ2) is 6.75. The van der Waals surface area contributed by atoms with Crippen LogP contribution in [-0.4, -0.2) is 36.7 Å². The molecule has 4 heteroatoms. The van der Waals surface area contributed by atoms with Gasteiger partial charge in [-0.3, -0.25) is 10.2 Å². The Labute approximate surface area is 121 Å². The van der Waals surface area contributed by atoms with Gasteiger partial charge < -0.3 is 4.74 Å². The largest absolute Gasteiger partial charge is 0.445 e. The van der Waals surface area contributed by atoms with E-state index in [0.29, 0.717) is 0 Å². The summed E-state index contributed by atoms with van der Waals surface area (Å²) in [7, 11) is 0. The quantitative estimate of drug-likeness (QED) is 0.917. The SMILES string of the molecule is CCCN1CC[C@@H](OC(=O)Nc2c(C)cccc2C)C1. The molecule has 0 saturated carbocycles. The Morgan fingerprint density at radius 3 is 2.75 bits per heavy atom. The van der Waals surface area contributed by atoms with Gasteiger partial charge in [-0.15, -0.1) is 0 Å². The zero-order valence-corrected chi connectivity index (χ0v) is 12.6. The minimum atomic E-state index is -0.342. The third-order valence-corrected chi connectivity index (χ3v) is 3.75. The van der Waals surface area contributed by atoms with Gasteiger partial charge in [0.2, 0.25) is 0 Å². The third kappa shape index (κ3) is 3.73. The highest BCUT2D eigenvalue weighted by atomic mass is 16.6. The first-order valence-electron chi connectivity index (χ1n) is 7.36. The minimum Gasteiger partial charge on any atom is -0.445 e. The number of rotatable bonds is 4. The van der Waals surface area contributed by atoms with Crippen LogP contribution in [0.4, 0.5) is 10.5 Å². The number of benzene rings is 1. The number of hydrogen-bond donors (Lipinski definition) is 1. The summed E-state index contributed by atoms with van der Waals surface area (Å²) in [6.45, 7) is 9.10. The normalized spacial score (nSPS) is 19.1. The molecule has 1 saturated heterocycles. The van der Waals surface area contributed by atoms with E-state index in [1.165, 1.54) is 0 Å². The topological polar surface area (TPSA) is 41.6 Å². The van der Waals surface area contributed by atoms with E-state index in [9.17, 15) is 4.79 Å². The van der Waals surface area contributed by atoms with Gasteiger partial charge in [-0.2, -0.15) is 0 Å². The van der Waals surface area contributed by atoms with Crippen molar-refractivity contribution < 1.29 is 9.53 Å². The molecule has 1 amide bonds. The second-order valence-electron chi connectivity index (χ2n) is 5.51. The standard InChI is InChI=1S/C16H24N2O2/c1-4-9-18-10-8-14(11-18)20-16(19)17-15-12(2)6-5-7-13(15)3/h5-7,14H,4,8-11H2,1-3H3,(H,17,19)/t14-/m1/s1. The molecule has 0 aliphatic carbocycles. The monoisotopic (exact) mass is 276 g/mol. The predicted octanol–water partition coefficient (Wildman–Crippen LogP) is 3.34. The zero-order valence-electron chi connectivity index (χ0n) is 12.6. The average molecular weight is 276 g/mol. The first kappa shape index (κ1) is 14.9. The molecule has 2 rings (SSSR count). The number of likely N-dealkylation sites (tertiary alicyclic amines) is 1. The van der Waals surface area contributed by atoms with E-state index in [1.807, 2.05) is 32.0 Å². The molecule has 1 aliphatic rings. The molecule has 1 N–H and O–H groups in total. The molecular formula is C16H24N2O2. The maximum Gasteiger partial charge on any atom is 0.411 e. The van der Waals surface area contributed by atoms with Crippen LogP contribution in [0.15, 0.2) is 18.2 Å². The highest BCUT2D eigenvalue weighted by molar-refractivity contribution is 5.86. The number of amides is 1. The molecule has 0 spiro atoms. The fourth-order valence-corrected chi connectivity index (χ4v) is 2.71. The van der Waals surface area contributed by atoms with Crippen molar-refractivity contribution in [1.82, 2.24) is 4.90 Å². The maximum absolute atomic E-state index is 12.0. The molecule has 4 nitrogen and oxygen atoms in total. The maximum atomic E-state index is 12.0. The van der Waals surface area contributed by atoms with Crippen molar-refractivity contribution in [3.05, 3.63) is 29.3 Å². The van der Waals surface area contributed by atoms with Gasteiger partial charge in [-0.1, -0.05) is 25.1 Å². The average Bonchev–Trinajstić information content (AvgIpc) is 2.82. The van der Waals surface area contributed by atoms with Crippen molar-refractivity contribution in [1.29, 1.82) is 0 Å². The molecule has 0 aromatic heterocycles. The van der Waals surface area contributed by atoms with Crippen LogP contribution in [0.2, 0.25) is 0 Å². The van der Waals surface area contributed by atoms with E-state index < -0.39 is 0 Å². The van der Waals surface area contributed by atoms with Crippen molar-refractivity contribution >= 4 is 11.8 Å². The van der Waals surface area contributed by atoms with Gasteiger partial charge >= 0.3 is 6.09 Å². The first-order valence-corrected chi connectivity index (χ1v) is 7.36. The summed E-state index contributed by atoms with van der Waals surface area (Å²) in [5.74, 6) is 0. The molecule has 1 aliphatic heterocycles. The van der Waals surface area contributed by atoms with Crippen LogP contribution in [0.5, 0.6) is 0 Å². The molecular weight excluding hydrogens is 252 g/mol. The Balaban J connectivity index is 1.87. The van der Waals surface area contributed by atoms with E-state index in [-0.39, 0.29) is 12.2 Å². The number of carbonyl (C=O) groups is 1. The van der Waals surface area contributed by atoms with E-state index >= 15 is 0 Å². The van der Waals surface area contributed by atoms with Gasteiger partial charge in [0.15, 0.2) is 0 Å². The molecule has 0 unspecified atom stereocenters. The zero-order chi connectivity index (χ0) is 14.5. The predicted molar refractivity (Wildman–Crippen MR) is 81.2 cm³/mol. The van der Waals surface area contributed by atoms with Gasteiger partial charge in [0.1, 0.15) is 6.10 Å². The van der Waals surface area contributed by atoms with Crippen LogP contribution in [0, 0.1) is 13.8 Å². The number of hydrogen-bond acceptors (Lipinski definition) is 3. The highest BCUT2D eigenvalue weighted by Crippen LogP contribution is 2.20. The van der Waals surface area contributed by atoms with Crippen molar-refractivity contribution in [3.63, 3.8) is 0 Å².